The number of rotatable bonds is 2. The molecule has 0 unspecified atom stereocenters. The molecule has 0 saturated heterocycles. The van der Waals surface area contributed by atoms with E-state index >= 15 is 0 Å². The van der Waals surface area contributed by atoms with Crippen molar-refractivity contribution in [3.05, 3.63) is 118 Å². The van der Waals surface area contributed by atoms with Gasteiger partial charge in [0, 0.05) is 28.3 Å². The average Bonchev–Trinajstić information content (AvgIpc) is 3.43. The Morgan fingerprint density at radius 1 is 0.509 bits per heavy atom. The average molecular weight is 698 g/mol. The van der Waals surface area contributed by atoms with Gasteiger partial charge in [-0.15, -0.1) is 0 Å². The molecule has 3 heterocycles. The van der Waals surface area contributed by atoms with Gasteiger partial charge in [-0.2, -0.15) is 0 Å². The Hall–Kier alpha value is -4.57. The zero-order valence-electron chi connectivity index (χ0n) is 34.5. The molecule has 2 aliphatic rings. The second-order valence-electron chi connectivity index (χ2n) is 20.0. The van der Waals surface area contributed by atoms with Crippen LogP contribution in [-0.4, -0.2) is 16.3 Å². The Labute approximate surface area is 318 Å². The van der Waals surface area contributed by atoms with E-state index in [9.17, 15) is 0 Å². The molecule has 8 rings (SSSR count). The Morgan fingerprint density at radius 3 is 1.62 bits per heavy atom. The summed E-state index contributed by atoms with van der Waals surface area (Å²) in [5, 5.41) is 0. The minimum atomic E-state index is -0.0415. The van der Waals surface area contributed by atoms with E-state index < -0.39 is 0 Å². The van der Waals surface area contributed by atoms with Crippen molar-refractivity contribution >= 4 is 51.2 Å². The molecule has 270 valence electrons. The Bertz CT molecular complexity index is 2430. The Balaban J connectivity index is 1.50. The monoisotopic (exact) mass is 697 g/mol. The van der Waals surface area contributed by atoms with E-state index in [0.717, 1.165) is 11.3 Å². The van der Waals surface area contributed by atoms with Crippen molar-refractivity contribution in [1.82, 2.24) is 9.55 Å². The first kappa shape index (κ1) is 35.5. The maximum atomic E-state index is 5.63. The van der Waals surface area contributed by atoms with Crippen molar-refractivity contribution in [2.24, 2.45) is 0 Å². The van der Waals surface area contributed by atoms with Crippen molar-refractivity contribution in [1.29, 1.82) is 0 Å². The molecule has 0 N–H and O–H groups in total. The van der Waals surface area contributed by atoms with Crippen molar-refractivity contribution < 1.29 is 0 Å². The van der Waals surface area contributed by atoms with Gasteiger partial charge in [-0.1, -0.05) is 132 Å². The predicted octanol–water partition coefficient (Wildman–Crippen LogP) is 11.1. The number of hydrogen-bond acceptors (Lipinski definition) is 2. The topological polar surface area (TPSA) is 21.1 Å². The molecule has 5 aromatic carbocycles. The molecule has 6 aromatic rings. The molecule has 2 aliphatic heterocycles. The number of imidazole rings is 1. The van der Waals surface area contributed by atoms with Crippen molar-refractivity contribution in [2.75, 3.05) is 4.90 Å². The molecule has 53 heavy (non-hydrogen) atoms. The summed E-state index contributed by atoms with van der Waals surface area (Å²) < 4.78 is 2.51. The lowest BCUT2D eigenvalue weighted by Crippen LogP contribution is -2.60. The molecule has 0 fully saturated rings. The first-order chi connectivity index (χ1) is 24.6. The predicted molar refractivity (Wildman–Crippen MR) is 230 cm³/mol. The van der Waals surface area contributed by atoms with Crippen LogP contribution in [0.15, 0.2) is 84.9 Å². The van der Waals surface area contributed by atoms with Gasteiger partial charge < -0.3 is 4.90 Å². The zero-order chi connectivity index (χ0) is 38.2. The lowest BCUT2D eigenvalue weighted by atomic mass is 9.33. The highest BCUT2D eigenvalue weighted by Gasteiger charge is 2.43. The summed E-state index contributed by atoms with van der Waals surface area (Å²) in [6.07, 6.45) is 0. The normalized spacial score (nSPS) is 14.2. The minimum Gasteiger partial charge on any atom is -0.311 e. The maximum Gasteiger partial charge on any atom is 0.252 e. The molecule has 0 spiro atoms. The maximum absolute atomic E-state index is 5.63. The largest absolute Gasteiger partial charge is 0.311 e. The number of aromatic nitrogens is 2. The van der Waals surface area contributed by atoms with Crippen molar-refractivity contribution in [2.45, 2.75) is 119 Å². The number of hydrogen-bond donors (Lipinski definition) is 0. The fraction of sp³-hybridized carbons (Fsp3) is 0.367. The van der Waals surface area contributed by atoms with Crippen LogP contribution in [0.3, 0.4) is 0 Å². The van der Waals surface area contributed by atoms with Crippen LogP contribution in [0, 0.1) is 13.8 Å². The van der Waals surface area contributed by atoms with Gasteiger partial charge in [-0.05, 0) is 122 Å². The number of anilines is 3. The van der Waals surface area contributed by atoms with E-state index in [4.69, 9.17) is 4.98 Å². The zero-order valence-corrected chi connectivity index (χ0v) is 34.5. The third-order valence-corrected chi connectivity index (χ3v) is 11.8. The summed E-state index contributed by atoms with van der Waals surface area (Å²) in [7, 11) is 0. The lowest BCUT2D eigenvalue weighted by Gasteiger charge is -2.41. The van der Waals surface area contributed by atoms with Crippen LogP contribution in [0.1, 0.15) is 116 Å². The van der Waals surface area contributed by atoms with Crippen molar-refractivity contribution in [3.63, 3.8) is 0 Å². The highest BCUT2D eigenvalue weighted by molar-refractivity contribution is 7.00. The molecule has 1 aromatic heterocycles. The fourth-order valence-corrected chi connectivity index (χ4v) is 8.72. The molecule has 4 heteroatoms. The first-order valence-corrected chi connectivity index (χ1v) is 19.5. The van der Waals surface area contributed by atoms with Crippen LogP contribution >= 0.6 is 0 Å². The summed E-state index contributed by atoms with van der Waals surface area (Å²) in [5.41, 5.74) is 20.5. The third kappa shape index (κ3) is 5.58. The minimum absolute atomic E-state index is 0.00840. The Morgan fingerprint density at radius 2 is 1.04 bits per heavy atom. The van der Waals surface area contributed by atoms with Crippen LogP contribution in [0.2, 0.25) is 0 Å². The van der Waals surface area contributed by atoms with Gasteiger partial charge in [-0.25, -0.2) is 4.98 Å². The van der Waals surface area contributed by atoms with Crippen LogP contribution in [0.4, 0.5) is 17.1 Å². The summed E-state index contributed by atoms with van der Waals surface area (Å²) in [5.74, 6) is 1.03. The molecule has 0 aliphatic carbocycles. The number of fused-ring (bicyclic) bond motifs is 4. The molecule has 3 nitrogen and oxygen atoms in total. The van der Waals surface area contributed by atoms with Crippen LogP contribution in [-0.2, 0) is 21.7 Å². The van der Waals surface area contributed by atoms with E-state index in [0.29, 0.717) is 0 Å². The fourth-order valence-electron chi connectivity index (χ4n) is 8.72. The van der Waals surface area contributed by atoms with Crippen molar-refractivity contribution in [3.8, 4) is 17.1 Å². The lowest BCUT2D eigenvalue weighted by molar-refractivity contribution is 0.589. The SMILES string of the molecule is Cc1cc(C(C)(C)C)cc(C)c1-c1nc2cc(C(C)(C)C)cc3c2n1-c1cccc2c1B3c1cc(C(C)(C)C)ccc1N2c1ccc(C(C)(C)C)cc1. The summed E-state index contributed by atoms with van der Waals surface area (Å²) in [4.78, 5) is 8.15. The van der Waals surface area contributed by atoms with Crippen LogP contribution in [0.25, 0.3) is 28.1 Å². The standard InChI is InChI=1S/C49H56BN3/c1-29-24-33(48(9,10)11)25-30(2)42(29)45-51-38-28-34(49(12,13)14)27-37-44(38)53(45)41-17-15-16-40-43(41)50(37)36-26-32(47(6,7)8)20-23-39(36)52(40)35-21-18-31(19-22-35)46(3,4)5/h15-28H,1-14H3. The number of benzene rings is 5. The smallest absolute Gasteiger partial charge is 0.252 e. The van der Waals surface area contributed by atoms with Gasteiger partial charge in [0.05, 0.1) is 11.0 Å². The van der Waals surface area contributed by atoms with Crippen LogP contribution < -0.4 is 21.3 Å². The Kier molecular flexibility index (Phi) is 7.67. The van der Waals surface area contributed by atoms with E-state index in [-0.39, 0.29) is 28.4 Å². The van der Waals surface area contributed by atoms with Gasteiger partial charge in [0.15, 0.2) is 0 Å². The first-order valence-electron chi connectivity index (χ1n) is 19.5. The van der Waals surface area contributed by atoms with E-state index in [1.165, 1.54) is 83.6 Å². The highest BCUT2D eigenvalue weighted by Crippen LogP contribution is 2.43. The molecule has 0 amide bonds. The van der Waals surface area contributed by atoms with Gasteiger partial charge in [0.2, 0.25) is 0 Å². The van der Waals surface area contributed by atoms with E-state index in [1.54, 1.807) is 0 Å². The van der Waals surface area contributed by atoms with E-state index in [2.05, 4.69) is 191 Å². The molecule has 0 atom stereocenters. The number of nitrogens with zero attached hydrogens (tertiary/aromatic N) is 3. The van der Waals surface area contributed by atoms with Crippen LogP contribution in [0.5, 0.6) is 0 Å². The number of aryl methyl sites for hydroxylation is 2. The highest BCUT2D eigenvalue weighted by atomic mass is 15.2. The molecule has 0 saturated carbocycles. The summed E-state index contributed by atoms with van der Waals surface area (Å²) in [6.45, 7) is 32.4. The second kappa shape index (κ2) is 11.5. The second-order valence-corrected chi connectivity index (χ2v) is 20.0. The van der Waals surface area contributed by atoms with E-state index in [1.807, 2.05) is 0 Å². The summed E-state index contributed by atoms with van der Waals surface area (Å²) >= 11 is 0. The van der Waals surface area contributed by atoms with Gasteiger partial charge in [-0.3, -0.25) is 4.57 Å². The molecular formula is C49H56BN3. The summed E-state index contributed by atoms with van der Waals surface area (Å²) in [6, 6.07) is 33.1. The third-order valence-electron chi connectivity index (χ3n) is 11.8. The quantitative estimate of drug-likeness (QED) is 0.168. The molecular weight excluding hydrogens is 641 g/mol. The van der Waals surface area contributed by atoms with Gasteiger partial charge in [0.25, 0.3) is 6.71 Å². The van der Waals surface area contributed by atoms with Gasteiger partial charge in [0.1, 0.15) is 5.82 Å². The molecule has 0 bridgehead atoms. The molecule has 0 radical (unpaired) electrons. The van der Waals surface area contributed by atoms with Gasteiger partial charge >= 0.3 is 0 Å².